The molecule has 1 amide bonds. The van der Waals surface area contributed by atoms with Gasteiger partial charge in [0.05, 0.1) is 60.8 Å². The molecule has 2 heterocycles. The molecule has 2 atom stereocenters. The minimum absolute atomic E-state index is 0.00725. The van der Waals surface area contributed by atoms with E-state index in [4.69, 9.17) is 41.0 Å². The number of carbonyl (C=O) groups excluding carboxylic acids is 3. The number of nitrogens with zero attached hydrogens (tertiary/aromatic N) is 2. The first-order chi connectivity index (χ1) is 36.4. The lowest BCUT2D eigenvalue weighted by Gasteiger charge is -2.31. The van der Waals surface area contributed by atoms with E-state index in [0.717, 1.165) is 5.56 Å². The zero-order chi connectivity index (χ0) is 58.0. The van der Waals surface area contributed by atoms with E-state index >= 15 is 0 Å². The molecule has 0 fully saturated rings. The van der Waals surface area contributed by atoms with Crippen molar-refractivity contribution in [1.82, 2.24) is 15.3 Å². The average Bonchev–Trinajstić information content (AvgIpc) is 3.38. The minimum Gasteiger partial charge on any atom is -0.493 e. The topological polar surface area (TPSA) is 202 Å². The van der Waals surface area contributed by atoms with Crippen LogP contribution >= 0.6 is 11.6 Å². The Morgan fingerprint density at radius 1 is 0.603 bits per heavy atom. The highest BCUT2D eigenvalue weighted by atomic mass is 35.5. The van der Waals surface area contributed by atoms with Crippen LogP contribution in [0.15, 0.2) is 103 Å². The summed E-state index contributed by atoms with van der Waals surface area (Å²) in [7, 11) is 3.02. The van der Waals surface area contributed by atoms with Gasteiger partial charge >= 0.3 is 6.09 Å². The molecule has 4 aromatic carbocycles. The van der Waals surface area contributed by atoms with E-state index in [1.54, 1.807) is 115 Å². The van der Waals surface area contributed by atoms with E-state index in [2.05, 4.69) is 15.3 Å². The highest BCUT2D eigenvalue weighted by Gasteiger charge is 2.33. The number of ketones is 2. The number of methoxy groups -OCH3 is 2. The number of rotatable bonds is 21. The van der Waals surface area contributed by atoms with Crippen LogP contribution in [0.25, 0.3) is 22.5 Å². The lowest BCUT2D eigenvalue weighted by atomic mass is 9.87. The average molecular weight is 1100 g/mol. The zero-order valence-corrected chi connectivity index (χ0v) is 47.6. The SMILES string of the molecule is CCOc1ccc(C(=O)CCC(C)(O)c2cc(C(C)(C)N)cc(-c3ccc(F)cc3)n2)cc1OC.CCOc1ccc(C(=O)CCC(C)(O)c2cc(C(C)(C)NC(=O)OC(C)(C)C)cc(-c3ccc(F)c(Cl)c3)n2)cc1OC. The number of aliphatic hydroxyl groups is 2. The van der Waals surface area contributed by atoms with Crippen LogP contribution in [0.1, 0.15) is 145 Å². The number of ether oxygens (including phenoxy) is 5. The molecular weight excluding hydrogens is 1020 g/mol. The van der Waals surface area contributed by atoms with Gasteiger partial charge in [-0.1, -0.05) is 11.6 Å². The van der Waals surface area contributed by atoms with Gasteiger partial charge in [0.25, 0.3) is 0 Å². The maximum absolute atomic E-state index is 14.0. The molecule has 0 saturated heterocycles. The molecule has 14 nitrogen and oxygen atoms in total. The number of carbonyl (C=O) groups is 3. The third-order valence-corrected chi connectivity index (χ3v) is 12.9. The largest absolute Gasteiger partial charge is 0.493 e. The van der Waals surface area contributed by atoms with E-state index in [9.17, 15) is 33.4 Å². The number of alkyl carbamates (subject to hydrolysis) is 1. The quantitative estimate of drug-likeness (QED) is 0.0496. The van der Waals surface area contributed by atoms with Crippen molar-refractivity contribution in [2.24, 2.45) is 5.73 Å². The van der Waals surface area contributed by atoms with Gasteiger partial charge in [-0.15, -0.1) is 0 Å². The van der Waals surface area contributed by atoms with E-state index in [1.165, 1.54) is 44.6 Å². The van der Waals surface area contributed by atoms with E-state index < -0.39 is 39.8 Å². The van der Waals surface area contributed by atoms with E-state index in [0.29, 0.717) is 81.1 Å². The Morgan fingerprint density at radius 3 is 1.49 bits per heavy atom. The summed E-state index contributed by atoms with van der Waals surface area (Å²) in [6.07, 6.45) is -0.334. The number of Topliss-reactive ketones (excluding diaryl/α,β-unsaturated/α-hetero) is 2. The number of benzene rings is 4. The molecule has 0 radical (unpaired) electrons. The fourth-order valence-corrected chi connectivity index (χ4v) is 8.22. The van der Waals surface area contributed by atoms with Gasteiger partial charge in [-0.3, -0.25) is 9.59 Å². The Bertz CT molecular complexity index is 3080. The van der Waals surface area contributed by atoms with Crippen LogP contribution in [0.4, 0.5) is 13.6 Å². The van der Waals surface area contributed by atoms with Crippen molar-refractivity contribution in [2.45, 2.75) is 130 Å². The first-order valence-electron chi connectivity index (χ1n) is 25.6. The van der Waals surface area contributed by atoms with Gasteiger partial charge in [-0.05, 0) is 203 Å². The van der Waals surface area contributed by atoms with Crippen molar-refractivity contribution in [2.75, 3.05) is 27.4 Å². The lowest BCUT2D eigenvalue weighted by molar-refractivity contribution is 0.0393. The lowest BCUT2D eigenvalue weighted by Crippen LogP contribution is -2.44. The Balaban J connectivity index is 0.000000293. The maximum atomic E-state index is 14.0. The molecule has 6 rings (SSSR count). The number of halogens is 3. The first kappa shape index (κ1) is 61.9. The van der Waals surface area contributed by atoms with Crippen LogP contribution in [0.2, 0.25) is 5.02 Å². The molecule has 418 valence electrons. The van der Waals surface area contributed by atoms with Crippen molar-refractivity contribution in [3.63, 3.8) is 0 Å². The molecule has 6 aromatic rings. The van der Waals surface area contributed by atoms with Crippen molar-refractivity contribution in [3.05, 3.63) is 153 Å². The number of nitrogens with two attached hydrogens (primary N) is 1. The standard InChI is InChI=1S/C33H40ClFN2O6.C28H33FN2O4/c1-9-42-27-13-11-21(17-28(27)41-8)26(38)14-15-33(7,40)29-19-22(32(5,6)37-30(39)43-31(2,3)4)18-25(36-29)20-10-12-24(35)23(34)16-20;1-6-35-24-12-9-19(15-25(24)34-5)23(32)13-14-28(4,33)26-17-20(27(2,3)30)16-22(31-26)18-7-10-21(29)11-8-18/h10-13,16-19,40H,9,14-15H2,1-8H3,(H,37,39);7-12,15-17,33H,6,13-14,30H2,1-5H3. The second-order valence-electron chi connectivity index (χ2n) is 21.4. The first-order valence-corrected chi connectivity index (χ1v) is 26.0. The molecule has 78 heavy (non-hydrogen) atoms. The predicted octanol–water partition coefficient (Wildman–Crippen LogP) is 12.9. The van der Waals surface area contributed by atoms with Gasteiger partial charge < -0.3 is 44.9 Å². The number of hydrogen-bond acceptors (Lipinski definition) is 13. The number of nitrogens with one attached hydrogen (secondary N) is 1. The third kappa shape index (κ3) is 16.8. The van der Waals surface area contributed by atoms with Gasteiger partial charge in [-0.2, -0.15) is 0 Å². The summed E-state index contributed by atoms with van der Waals surface area (Å²) in [6, 6.07) is 27.2. The number of hydrogen-bond donors (Lipinski definition) is 4. The summed E-state index contributed by atoms with van der Waals surface area (Å²) >= 11 is 6.07. The number of pyridine rings is 2. The highest BCUT2D eigenvalue weighted by Crippen LogP contribution is 2.37. The molecule has 0 spiro atoms. The van der Waals surface area contributed by atoms with Gasteiger partial charge in [0.15, 0.2) is 34.6 Å². The maximum Gasteiger partial charge on any atom is 0.408 e. The summed E-state index contributed by atoms with van der Waals surface area (Å²) in [5.74, 6) is 0.758. The molecule has 5 N–H and O–H groups in total. The Hall–Kier alpha value is -6.98. The summed E-state index contributed by atoms with van der Waals surface area (Å²) in [5, 5.41) is 25.8. The summed E-state index contributed by atoms with van der Waals surface area (Å²) in [5.41, 5.74) is 6.12. The van der Waals surface area contributed by atoms with Crippen molar-refractivity contribution in [1.29, 1.82) is 0 Å². The second kappa shape index (κ2) is 25.7. The normalized spacial score (nSPS) is 13.2. The molecule has 0 aliphatic rings. The monoisotopic (exact) mass is 1090 g/mol. The van der Waals surface area contributed by atoms with Crippen LogP contribution in [0.3, 0.4) is 0 Å². The van der Waals surface area contributed by atoms with Gasteiger partial charge in [-0.25, -0.2) is 23.5 Å². The van der Waals surface area contributed by atoms with Crippen LogP contribution in [-0.4, -0.2) is 70.9 Å². The summed E-state index contributed by atoms with van der Waals surface area (Å²) in [6.45, 7) is 20.5. The Kier molecular flexibility index (Phi) is 20.4. The summed E-state index contributed by atoms with van der Waals surface area (Å²) < 4.78 is 54.6. The molecule has 17 heteroatoms. The van der Waals surface area contributed by atoms with Crippen LogP contribution < -0.4 is 30.0 Å². The fraction of sp³-hybridized carbons (Fsp3) is 0.393. The molecule has 2 unspecified atom stereocenters. The van der Waals surface area contributed by atoms with Crippen LogP contribution in [0.5, 0.6) is 23.0 Å². The summed E-state index contributed by atoms with van der Waals surface area (Å²) in [4.78, 5) is 48.1. The third-order valence-electron chi connectivity index (χ3n) is 12.6. The molecule has 0 bridgehead atoms. The zero-order valence-electron chi connectivity index (χ0n) is 46.8. The molecule has 0 saturated carbocycles. The minimum atomic E-state index is -1.55. The number of aromatic nitrogens is 2. The Labute approximate surface area is 461 Å². The molecular formula is C61H73ClF2N4O10. The van der Waals surface area contributed by atoms with Crippen molar-refractivity contribution >= 4 is 29.3 Å². The predicted molar refractivity (Wildman–Crippen MR) is 298 cm³/mol. The van der Waals surface area contributed by atoms with Crippen molar-refractivity contribution < 1.29 is 57.1 Å². The van der Waals surface area contributed by atoms with Crippen LogP contribution in [0, 0.1) is 11.6 Å². The molecule has 2 aromatic heterocycles. The van der Waals surface area contributed by atoms with Gasteiger partial charge in [0.2, 0.25) is 0 Å². The van der Waals surface area contributed by atoms with E-state index in [-0.39, 0.29) is 53.8 Å². The van der Waals surface area contributed by atoms with Gasteiger partial charge in [0.1, 0.15) is 28.4 Å². The van der Waals surface area contributed by atoms with Crippen LogP contribution in [-0.2, 0) is 27.0 Å². The van der Waals surface area contributed by atoms with Gasteiger partial charge in [0, 0.05) is 40.6 Å². The second-order valence-corrected chi connectivity index (χ2v) is 21.8. The molecule has 0 aliphatic carbocycles. The fourth-order valence-electron chi connectivity index (χ4n) is 8.04. The smallest absolute Gasteiger partial charge is 0.408 e. The van der Waals surface area contributed by atoms with Crippen molar-refractivity contribution in [3.8, 4) is 45.5 Å². The Morgan fingerprint density at radius 2 is 1.05 bits per heavy atom. The molecule has 0 aliphatic heterocycles. The number of amides is 1. The van der Waals surface area contributed by atoms with E-state index in [1.807, 2.05) is 33.8 Å². The highest BCUT2D eigenvalue weighted by molar-refractivity contribution is 6.31.